The molecule has 1 aromatic heterocycles. The number of hydrogen-bond donors (Lipinski definition) is 1. The van der Waals surface area contributed by atoms with Crippen molar-refractivity contribution in [2.45, 2.75) is 0 Å². The van der Waals surface area contributed by atoms with E-state index in [0.717, 1.165) is 12.1 Å². The molecular formula is C16H6ClF2N5O. The Morgan fingerprint density at radius 1 is 1.08 bits per heavy atom. The summed E-state index contributed by atoms with van der Waals surface area (Å²) in [7, 11) is 0. The lowest BCUT2D eigenvalue weighted by atomic mass is 10.2. The first-order valence-corrected chi connectivity index (χ1v) is 6.86. The second kappa shape index (κ2) is 7.74. The van der Waals surface area contributed by atoms with Gasteiger partial charge in [-0.15, -0.1) is 0 Å². The summed E-state index contributed by atoms with van der Waals surface area (Å²) in [6, 6.07) is 8.70. The van der Waals surface area contributed by atoms with Gasteiger partial charge in [-0.2, -0.15) is 15.8 Å². The molecule has 1 aromatic carbocycles. The quantitative estimate of drug-likeness (QED) is 0.653. The Morgan fingerprint density at radius 2 is 1.80 bits per heavy atom. The van der Waals surface area contributed by atoms with Gasteiger partial charge in [-0.3, -0.25) is 0 Å². The van der Waals surface area contributed by atoms with Crippen LogP contribution >= 0.6 is 11.6 Å². The van der Waals surface area contributed by atoms with Crippen LogP contribution in [-0.4, -0.2) is 4.98 Å². The normalized spacial score (nSPS) is 9.28. The molecular weight excluding hydrogens is 352 g/mol. The first-order chi connectivity index (χ1) is 12.0. The van der Waals surface area contributed by atoms with E-state index in [-0.39, 0.29) is 10.9 Å². The largest absolute Gasteiger partial charge is 0.454 e. The summed E-state index contributed by atoms with van der Waals surface area (Å²) in [4.78, 5) is 3.73. The monoisotopic (exact) mass is 357 g/mol. The van der Waals surface area contributed by atoms with Gasteiger partial charge in [0.2, 0.25) is 0 Å². The molecule has 0 saturated carbocycles. The van der Waals surface area contributed by atoms with E-state index in [1.54, 1.807) is 6.07 Å². The number of benzene rings is 1. The van der Waals surface area contributed by atoms with Gasteiger partial charge in [0, 0.05) is 24.4 Å². The van der Waals surface area contributed by atoms with Crippen molar-refractivity contribution in [2.75, 3.05) is 5.32 Å². The van der Waals surface area contributed by atoms with E-state index >= 15 is 0 Å². The van der Waals surface area contributed by atoms with E-state index in [2.05, 4.69) is 10.3 Å². The van der Waals surface area contributed by atoms with E-state index in [1.807, 2.05) is 0 Å². The summed E-state index contributed by atoms with van der Waals surface area (Å²) in [6.07, 6.45) is 1.33. The minimum atomic E-state index is -0.959. The molecule has 0 amide bonds. The molecule has 122 valence electrons. The molecule has 2 rings (SSSR count). The van der Waals surface area contributed by atoms with E-state index < -0.39 is 34.3 Å². The van der Waals surface area contributed by atoms with Crippen molar-refractivity contribution in [1.29, 1.82) is 15.8 Å². The number of rotatable bonds is 4. The molecule has 0 spiro atoms. The van der Waals surface area contributed by atoms with E-state index in [1.165, 1.54) is 30.5 Å². The number of nitrogens with zero attached hydrogens (tertiary/aromatic N) is 4. The standard InChI is InChI=1S/C16H6ClF2N5O/c17-16-3-10(1-2-23-16)25-15-5-11(18)13(4-12(15)19)24-14(8-22)9(6-20)7-21/h1-5,24H. The lowest BCUT2D eigenvalue weighted by Crippen LogP contribution is -2.04. The van der Waals surface area contributed by atoms with Gasteiger partial charge in [0.1, 0.15) is 34.8 Å². The van der Waals surface area contributed by atoms with Gasteiger partial charge >= 0.3 is 0 Å². The molecule has 2 aromatic rings. The molecule has 9 heteroatoms. The molecule has 0 fully saturated rings. The van der Waals surface area contributed by atoms with Crippen LogP contribution in [0.25, 0.3) is 0 Å². The van der Waals surface area contributed by atoms with Crippen molar-refractivity contribution in [3.05, 3.63) is 58.5 Å². The van der Waals surface area contributed by atoms with E-state index in [9.17, 15) is 8.78 Å². The van der Waals surface area contributed by atoms with Gasteiger partial charge in [0.25, 0.3) is 0 Å². The van der Waals surface area contributed by atoms with Crippen LogP contribution in [0, 0.1) is 45.6 Å². The Morgan fingerprint density at radius 3 is 2.40 bits per heavy atom. The molecule has 1 heterocycles. The van der Waals surface area contributed by atoms with Gasteiger partial charge in [-0.1, -0.05) is 11.6 Å². The SMILES string of the molecule is N#CC(C#N)=C(C#N)Nc1cc(F)c(Oc2ccnc(Cl)c2)cc1F. The number of hydrogen-bond acceptors (Lipinski definition) is 6. The fourth-order valence-electron chi connectivity index (χ4n) is 1.70. The number of anilines is 1. The average molecular weight is 358 g/mol. The predicted octanol–water partition coefficient (Wildman–Crippen LogP) is 4.04. The maximum Gasteiger partial charge on any atom is 0.168 e. The van der Waals surface area contributed by atoms with Crippen LogP contribution in [-0.2, 0) is 0 Å². The summed E-state index contributed by atoms with van der Waals surface area (Å²) < 4.78 is 33.5. The van der Waals surface area contributed by atoms with Crippen molar-refractivity contribution >= 4 is 17.3 Å². The summed E-state index contributed by atoms with van der Waals surface area (Å²) >= 11 is 5.68. The van der Waals surface area contributed by atoms with Crippen molar-refractivity contribution in [2.24, 2.45) is 0 Å². The second-order valence-electron chi connectivity index (χ2n) is 4.39. The second-order valence-corrected chi connectivity index (χ2v) is 4.78. The number of halogens is 3. The highest BCUT2D eigenvalue weighted by Crippen LogP contribution is 2.30. The van der Waals surface area contributed by atoms with Gasteiger partial charge in [-0.25, -0.2) is 13.8 Å². The van der Waals surface area contributed by atoms with Crippen molar-refractivity contribution in [3.8, 4) is 29.7 Å². The molecule has 25 heavy (non-hydrogen) atoms. The van der Waals surface area contributed by atoms with Crippen LogP contribution in [0.2, 0.25) is 5.15 Å². The van der Waals surface area contributed by atoms with Crippen LogP contribution in [0.1, 0.15) is 0 Å². The number of nitriles is 3. The zero-order valence-corrected chi connectivity index (χ0v) is 13.0. The topological polar surface area (TPSA) is 106 Å². The molecule has 0 bridgehead atoms. The van der Waals surface area contributed by atoms with Gasteiger partial charge in [-0.05, 0) is 6.07 Å². The highest BCUT2D eigenvalue weighted by atomic mass is 35.5. The van der Waals surface area contributed by atoms with Gasteiger partial charge in [0.15, 0.2) is 23.0 Å². The molecule has 0 radical (unpaired) electrons. The molecule has 0 aliphatic heterocycles. The Labute approximate surface area is 145 Å². The zero-order chi connectivity index (χ0) is 18.4. The Hall–Kier alpha value is -3.67. The number of allylic oxidation sites excluding steroid dienone is 2. The maximum atomic E-state index is 14.1. The predicted molar refractivity (Wildman–Crippen MR) is 83.2 cm³/mol. The number of pyridine rings is 1. The third-order valence-electron chi connectivity index (χ3n) is 2.79. The minimum Gasteiger partial charge on any atom is -0.454 e. The van der Waals surface area contributed by atoms with Crippen LogP contribution in [0.4, 0.5) is 14.5 Å². The summed E-state index contributed by atoms with van der Waals surface area (Å²) in [5.74, 6) is -2.18. The van der Waals surface area contributed by atoms with Crippen LogP contribution in [0.3, 0.4) is 0 Å². The van der Waals surface area contributed by atoms with Crippen molar-refractivity contribution in [3.63, 3.8) is 0 Å². The van der Waals surface area contributed by atoms with Gasteiger partial charge in [0.05, 0.1) is 5.69 Å². The Balaban J connectivity index is 2.35. The first-order valence-electron chi connectivity index (χ1n) is 6.48. The van der Waals surface area contributed by atoms with Crippen LogP contribution < -0.4 is 10.1 Å². The molecule has 6 nitrogen and oxygen atoms in total. The van der Waals surface area contributed by atoms with E-state index in [4.69, 9.17) is 32.1 Å². The summed E-state index contributed by atoms with van der Waals surface area (Å²) in [5.41, 5.74) is -1.50. The number of ether oxygens (including phenoxy) is 1. The van der Waals surface area contributed by atoms with Crippen molar-refractivity contribution < 1.29 is 13.5 Å². The summed E-state index contributed by atoms with van der Waals surface area (Å²) in [5, 5.41) is 28.7. The summed E-state index contributed by atoms with van der Waals surface area (Å²) in [6.45, 7) is 0. The van der Waals surface area contributed by atoms with Crippen LogP contribution in [0.5, 0.6) is 11.5 Å². The molecule has 0 aliphatic carbocycles. The highest BCUT2D eigenvalue weighted by molar-refractivity contribution is 6.29. The lowest BCUT2D eigenvalue weighted by molar-refractivity contribution is 0.436. The fourth-order valence-corrected chi connectivity index (χ4v) is 1.86. The van der Waals surface area contributed by atoms with E-state index in [0.29, 0.717) is 0 Å². The molecule has 1 N–H and O–H groups in total. The third kappa shape index (κ3) is 4.20. The maximum absolute atomic E-state index is 14.1. The fraction of sp³-hybridized carbons (Fsp3) is 0. The minimum absolute atomic E-state index is 0.112. The van der Waals surface area contributed by atoms with Crippen LogP contribution in [0.15, 0.2) is 41.7 Å². The molecule has 0 atom stereocenters. The average Bonchev–Trinajstić information content (AvgIpc) is 2.59. The number of nitrogens with one attached hydrogen (secondary N) is 1. The third-order valence-corrected chi connectivity index (χ3v) is 3.00. The lowest BCUT2D eigenvalue weighted by Gasteiger charge is -2.11. The molecule has 0 saturated heterocycles. The first kappa shape index (κ1) is 17.7. The zero-order valence-electron chi connectivity index (χ0n) is 12.2. The van der Waals surface area contributed by atoms with Gasteiger partial charge < -0.3 is 10.1 Å². The Kier molecular flexibility index (Phi) is 5.47. The molecule has 0 unspecified atom stereocenters. The van der Waals surface area contributed by atoms with Crippen molar-refractivity contribution in [1.82, 2.24) is 4.98 Å². The molecule has 0 aliphatic rings. The smallest absolute Gasteiger partial charge is 0.168 e. The highest BCUT2D eigenvalue weighted by Gasteiger charge is 2.15. The number of aromatic nitrogens is 1. The Bertz CT molecular complexity index is 969.